The van der Waals surface area contributed by atoms with Crippen molar-refractivity contribution in [1.82, 2.24) is 0 Å². The van der Waals surface area contributed by atoms with Gasteiger partial charge in [0.25, 0.3) is 0 Å². The molecule has 0 saturated carbocycles. The van der Waals surface area contributed by atoms with Crippen molar-refractivity contribution in [3.05, 3.63) is 59.7 Å². The molecular weight excluding hydrogens is 335 g/mol. The molecule has 0 amide bonds. The first-order valence-corrected chi connectivity index (χ1v) is 11.3. The van der Waals surface area contributed by atoms with Crippen molar-refractivity contribution in [2.45, 2.75) is 52.4 Å². The Labute approximate surface area is 147 Å². The molecule has 0 aliphatic heterocycles. The maximum absolute atomic E-state index is 4.89. The molecule has 21 heavy (non-hydrogen) atoms. The van der Waals surface area contributed by atoms with Gasteiger partial charge in [-0.2, -0.15) is 17.7 Å². The van der Waals surface area contributed by atoms with Crippen LogP contribution >= 0.6 is 18.6 Å². The van der Waals surface area contributed by atoms with E-state index in [9.17, 15) is 0 Å². The van der Waals surface area contributed by atoms with Gasteiger partial charge >= 0.3 is 35.6 Å². The molecule has 0 heterocycles. The van der Waals surface area contributed by atoms with Crippen molar-refractivity contribution in [2.75, 3.05) is 0 Å². The fourth-order valence-corrected chi connectivity index (χ4v) is 1.75. The number of hydrogen-bond acceptors (Lipinski definition) is 0. The van der Waals surface area contributed by atoms with E-state index in [4.69, 9.17) is 18.6 Å². The van der Waals surface area contributed by atoms with Gasteiger partial charge < -0.3 is 29.8 Å². The third kappa shape index (κ3) is 9.58. The van der Waals surface area contributed by atoms with Gasteiger partial charge in [-0.05, 0) is 0 Å². The molecule has 0 bridgehead atoms. The van der Waals surface area contributed by atoms with Crippen LogP contribution in [-0.2, 0) is 27.9 Å². The summed E-state index contributed by atoms with van der Waals surface area (Å²) < 4.78 is 0. The third-order valence-electron chi connectivity index (χ3n) is 3.06. The van der Waals surface area contributed by atoms with Crippen molar-refractivity contribution in [3.8, 4) is 0 Å². The molecule has 3 heteroatoms. The second-order valence-electron chi connectivity index (χ2n) is 6.92. The Morgan fingerprint density at radius 3 is 1.38 bits per heavy atom. The Balaban J connectivity index is 0.000000322. The SMILES string of the molecule is CC(C)(C)[c-]1[cH-][cH-][cH-][cH-]1.CC(C)(C)[c-]1cccc1.[Cl][Ti][Cl]. The molecule has 2 aromatic carbocycles. The van der Waals surface area contributed by atoms with Crippen molar-refractivity contribution < 1.29 is 17.0 Å². The Kier molecular flexibility index (Phi) is 9.90. The van der Waals surface area contributed by atoms with E-state index < -0.39 is 17.0 Å². The normalized spacial score (nSPS) is 10.9. The Morgan fingerprint density at radius 2 is 1.19 bits per heavy atom. The molecular formula is C18H26Cl2Ti-6. The second kappa shape index (κ2) is 9.90. The van der Waals surface area contributed by atoms with Crippen LogP contribution in [-0.4, -0.2) is 0 Å². The molecule has 2 aromatic rings. The summed E-state index contributed by atoms with van der Waals surface area (Å²) in [6.07, 6.45) is 0. The molecule has 122 valence electrons. The molecule has 0 aliphatic carbocycles. The van der Waals surface area contributed by atoms with E-state index >= 15 is 0 Å². The first-order chi connectivity index (χ1) is 9.62. The van der Waals surface area contributed by atoms with Gasteiger partial charge in [0, 0.05) is 0 Å². The summed E-state index contributed by atoms with van der Waals surface area (Å²) in [5.41, 5.74) is 3.48. The van der Waals surface area contributed by atoms with E-state index in [-0.39, 0.29) is 0 Å². The summed E-state index contributed by atoms with van der Waals surface area (Å²) in [6, 6.07) is 17.0. The summed E-state index contributed by atoms with van der Waals surface area (Å²) in [6.45, 7) is 13.3. The summed E-state index contributed by atoms with van der Waals surface area (Å²) >= 11 is -0.556. The number of hydrogen-bond donors (Lipinski definition) is 0. The van der Waals surface area contributed by atoms with Gasteiger partial charge in [-0.1, -0.05) is 47.0 Å². The van der Waals surface area contributed by atoms with Gasteiger partial charge in [0.15, 0.2) is 0 Å². The van der Waals surface area contributed by atoms with Gasteiger partial charge in [-0.15, -0.1) is 0 Å². The molecule has 0 radical (unpaired) electrons. The number of rotatable bonds is 0. The molecule has 0 saturated heterocycles. The van der Waals surface area contributed by atoms with Crippen molar-refractivity contribution in [3.63, 3.8) is 0 Å². The molecule has 0 spiro atoms. The first kappa shape index (κ1) is 21.0. The van der Waals surface area contributed by atoms with Crippen LogP contribution in [0, 0.1) is 0 Å². The molecule has 0 nitrogen and oxygen atoms in total. The van der Waals surface area contributed by atoms with Gasteiger partial charge in [0.05, 0.1) is 0 Å². The van der Waals surface area contributed by atoms with Gasteiger partial charge in [0.1, 0.15) is 0 Å². The van der Waals surface area contributed by atoms with E-state index in [0.717, 1.165) is 0 Å². The first-order valence-electron chi connectivity index (χ1n) is 7.03. The predicted octanol–water partition coefficient (Wildman–Crippen LogP) is 6.78. The second-order valence-corrected chi connectivity index (χ2v) is 9.50. The van der Waals surface area contributed by atoms with E-state index in [1.165, 1.54) is 11.1 Å². The summed E-state index contributed by atoms with van der Waals surface area (Å²) in [5, 5.41) is 0. The van der Waals surface area contributed by atoms with Crippen molar-refractivity contribution >= 4 is 18.6 Å². The minimum atomic E-state index is -0.556. The molecule has 0 aliphatic rings. The van der Waals surface area contributed by atoms with Gasteiger partial charge in [-0.25, -0.2) is 17.5 Å². The maximum atomic E-state index is 4.89. The van der Waals surface area contributed by atoms with Crippen LogP contribution in [0.3, 0.4) is 0 Å². The van der Waals surface area contributed by atoms with Crippen LogP contribution in [0.1, 0.15) is 52.7 Å². The van der Waals surface area contributed by atoms with Gasteiger partial charge in [-0.3, -0.25) is 0 Å². The van der Waals surface area contributed by atoms with E-state index in [2.05, 4.69) is 90.1 Å². The van der Waals surface area contributed by atoms with Gasteiger partial charge in [0.2, 0.25) is 0 Å². The van der Waals surface area contributed by atoms with Crippen molar-refractivity contribution in [1.29, 1.82) is 0 Å². The topological polar surface area (TPSA) is 0 Å². The average molecular weight is 361 g/mol. The third-order valence-corrected chi connectivity index (χ3v) is 3.06. The standard InChI is InChI=1S/2C9H13.2ClH.Ti/c2*1-9(2,3)8-6-4-5-7-8;;;/h2*4-7H,1-3H3;2*1H;/q-5;-1;;;+2/p-2. The van der Waals surface area contributed by atoms with Crippen LogP contribution < -0.4 is 0 Å². The quantitative estimate of drug-likeness (QED) is 0.358. The molecule has 0 unspecified atom stereocenters. The van der Waals surface area contributed by atoms with Crippen LogP contribution in [0.15, 0.2) is 48.5 Å². The van der Waals surface area contributed by atoms with E-state index in [1.54, 1.807) is 0 Å². The molecule has 0 fully saturated rings. The summed E-state index contributed by atoms with van der Waals surface area (Å²) in [7, 11) is 9.78. The monoisotopic (exact) mass is 360 g/mol. The van der Waals surface area contributed by atoms with E-state index in [1.807, 2.05) is 0 Å². The molecule has 2 rings (SSSR count). The fourth-order valence-electron chi connectivity index (χ4n) is 1.75. The zero-order chi connectivity index (χ0) is 16.5. The van der Waals surface area contributed by atoms with Crippen LogP contribution in [0.4, 0.5) is 0 Å². The molecule has 0 aromatic heterocycles. The van der Waals surface area contributed by atoms with Crippen LogP contribution in [0.25, 0.3) is 0 Å². The predicted molar refractivity (Wildman–Crippen MR) is 93.2 cm³/mol. The Hall–Kier alpha value is -0.00571. The summed E-state index contributed by atoms with van der Waals surface area (Å²) in [4.78, 5) is 0. The molecule has 0 N–H and O–H groups in total. The Bertz CT molecular complexity index is 398. The van der Waals surface area contributed by atoms with Crippen LogP contribution in [0.2, 0.25) is 0 Å². The minimum absolute atomic E-state index is 0.323. The average Bonchev–Trinajstić information content (AvgIpc) is 3.03. The Morgan fingerprint density at radius 1 is 0.810 bits per heavy atom. The summed E-state index contributed by atoms with van der Waals surface area (Å²) in [5.74, 6) is 0. The van der Waals surface area contributed by atoms with Crippen molar-refractivity contribution in [2.24, 2.45) is 0 Å². The molecule has 0 atom stereocenters. The fraction of sp³-hybridized carbons (Fsp3) is 0.444. The van der Waals surface area contributed by atoms with E-state index in [0.29, 0.717) is 10.8 Å². The zero-order valence-electron chi connectivity index (χ0n) is 13.9. The zero-order valence-corrected chi connectivity index (χ0v) is 16.9. The number of halogens is 2. The van der Waals surface area contributed by atoms with Crippen LogP contribution in [0.5, 0.6) is 0 Å².